The molecule has 0 amide bonds. The van der Waals surface area contributed by atoms with Crippen molar-refractivity contribution < 1.29 is 0 Å². The largest absolute Gasteiger partial charge is 0.310 e. The van der Waals surface area contributed by atoms with Crippen LogP contribution in [0.4, 0.5) is 17.1 Å². The Morgan fingerprint density at radius 2 is 0.851 bits per heavy atom. The molecule has 0 aromatic heterocycles. The molecule has 354 valence electrons. The fourth-order valence-electron chi connectivity index (χ4n) is 11.1. The van der Waals surface area contributed by atoms with Crippen molar-refractivity contribution in [3.63, 3.8) is 0 Å². The van der Waals surface area contributed by atoms with Gasteiger partial charge in [-0.3, -0.25) is 0 Å². The van der Waals surface area contributed by atoms with E-state index < -0.39 is 0 Å². The molecule has 0 fully saturated rings. The van der Waals surface area contributed by atoms with Crippen LogP contribution in [0, 0.1) is 0 Å². The Labute approximate surface area is 442 Å². The van der Waals surface area contributed by atoms with Gasteiger partial charge in [0.1, 0.15) is 0 Å². The highest BCUT2D eigenvalue weighted by molar-refractivity contribution is 8.00. The number of hydrogen-bond donors (Lipinski definition) is 0. The molecule has 2 heterocycles. The van der Waals surface area contributed by atoms with Gasteiger partial charge in [0.25, 0.3) is 6.71 Å². The van der Waals surface area contributed by atoms with Gasteiger partial charge in [-0.15, -0.1) is 0 Å². The molecule has 0 aliphatic carbocycles. The van der Waals surface area contributed by atoms with Gasteiger partial charge in [0, 0.05) is 32.3 Å². The lowest BCUT2D eigenvalue weighted by Crippen LogP contribution is -2.61. The molecule has 0 atom stereocenters. The minimum Gasteiger partial charge on any atom is -0.310 e. The zero-order valence-electron chi connectivity index (χ0n) is 42.4. The quantitative estimate of drug-likeness (QED) is 0.0992. The van der Waals surface area contributed by atoms with Gasteiger partial charge in [-0.2, -0.15) is 0 Å². The number of nitrogens with zero attached hydrogens (tertiary/aromatic N) is 1. The Balaban J connectivity index is 1.28. The van der Waals surface area contributed by atoms with Crippen molar-refractivity contribution in [3.8, 4) is 66.8 Å². The Hall–Kier alpha value is -8.37. The van der Waals surface area contributed by atoms with Gasteiger partial charge < -0.3 is 4.90 Å². The van der Waals surface area contributed by atoms with Crippen molar-refractivity contribution in [2.45, 2.75) is 42.9 Å². The minimum absolute atomic E-state index is 0.160. The van der Waals surface area contributed by atoms with Crippen LogP contribution >= 0.6 is 11.8 Å². The number of fused-ring (bicyclic) bond motifs is 4. The van der Waals surface area contributed by atoms with E-state index in [1.54, 1.807) is 0 Å². The minimum atomic E-state index is -0.167. The molecule has 74 heavy (non-hydrogen) atoms. The van der Waals surface area contributed by atoms with Crippen molar-refractivity contribution in [1.29, 1.82) is 0 Å². The summed E-state index contributed by atoms with van der Waals surface area (Å²) in [5.74, 6) is 0. The van der Waals surface area contributed by atoms with Gasteiger partial charge in [0.05, 0.1) is 5.69 Å². The topological polar surface area (TPSA) is 3.24 Å². The Morgan fingerprint density at radius 3 is 1.34 bits per heavy atom. The standard InChI is InChI=1S/C71H56BNS/c1-6-7-14-27-48(2)59-40-56(50-30-17-9-18-31-50)44-63-67(59)72-68-60(52-34-21-11-22-35-52)41-57(51-32-19-10-20-33-51)45-65(68)74-66-47-58(71(3,4)5)46-64(69(66)72)73(63)70-61(53-36-23-12-24-37-53)42-55(49-28-15-8-16-29-49)43-62(70)54-38-25-13-26-39-54/h6-47H,2H2,1,3-5H3/b7-6-,27-14-. The van der Waals surface area contributed by atoms with Crippen LogP contribution in [-0.2, 0) is 5.41 Å². The lowest BCUT2D eigenvalue weighted by Gasteiger charge is -2.44. The first-order valence-corrected chi connectivity index (χ1v) is 26.6. The molecule has 0 saturated carbocycles. The second-order valence-electron chi connectivity index (χ2n) is 20.4. The van der Waals surface area contributed by atoms with E-state index in [-0.39, 0.29) is 12.1 Å². The summed E-state index contributed by atoms with van der Waals surface area (Å²) in [7, 11) is 0. The van der Waals surface area contributed by atoms with Crippen LogP contribution in [0.3, 0.4) is 0 Å². The molecule has 0 spiro atoms. The number of rotatable bonds is 10. The van der Waals surface area contributed by atoms with Crippen molar-refractivity contribution in [2.24, 2.45) is 0 Å². The normalized spacial score (nSPS) is 12.7. The van der Waals surface area contributed by atoms with E-state index in [2.05, 4.69) is 287 Å². The van der Waals surface area contributed by atoms with E-state index in [0.717, 1.165) is 55.9 Å². The Bertz CT molecular complexity index is 3720. The smallest absolute Gasteiger partial charge is 0.251 e. The van der Waals surface area contributed by atoms with Crippen LogP contribution in [0.1, 0.15) is 38.8 Å². The predicted molar refractivity (Wildman–Crippen MR) is 321 cm³/mol. The maximum Gasteiger partial charge on any atom is 0.251 e. The summed E-state index contributed by atoms with van der Waals surface area (Å²) in [5.41, 5.74) is 24.7. The molecule has 1 nitrogen and oxygen atoms in total. The fraction of sp³-hybridized carbons (Fsp3) is 0.0704. The monoisotopic (exact) mass is 965 g/mol. The SMILES string of the molecule is C=C(/C=C\C=C/C)c1cc(-c2ccccc2)cc2c1B1c3c(cc(-c4ccccc4)cc3-c3ccccc3)Sc3cc(C(C)(C)C)cc(c31)N2c1c(-c2ccccc2)cc(-c2ccccc2)cc1-c1ccccc1. The van der Waals surface area contributed by atoms with Crippen molar-refractivity contribution in [1.82, 2.24) is 0 Å². The third-order valence-corrected chi connectivity index (χ3v) is 15.8. The van der Waals surface area contributed by atoms with E-state index in [1.807, 2.05) is 11.8 Å². The molecule has 0 saturated heterocycles. The van der Waals surface area contributed by atoms with Gasteiger partial charge in [0.2, 0.25) is 0 Å². The van der Waals surface area contributed by atoms with Gasteiger partial charge in [0.15, 0.2) is 0 Å². The third-order valence-electron chi connectivity index (χ3n) is 14.7. The van der Waals surface area contributed by atoms with Crippen LogP contribution in [-0.4, -0.2) is 6.71 Å². The van der Waals surface area contributed by atoms with Crippen LogP contribution < -0.4 is 21.3 Å². The van der Waals surface area contributed by atoms with Crippen LogP contribution in [0.15, 0.2) is 271 Å². The molecule has 12 rings (SSSR count). The predicted octanol–water partition coefficient (Wildman–Crippen LogP) is 17.9. The molecule has 2 aliphatic rings. The van der Waals surface area contributed by atoms with Gasteiger partial charge in [-0.1, -0.05) is 245 Å². The second-order valence-corrected chi connectivity index (χ2v) is 21.5. The molecule has 3 heteroatoms. The Kier molecular flexibility index (Phi) is 12.3. The molecule has 0 N–H and O–H groups in total. The van der Waals surface area contributed by atoms with E-state index in [4.69, 9.17) is 6.58 Å². The van der Waals surface area contributed by atoms with Gasteiger partial charge in [-0.25, -0.2) is 0 Å². The van der Waals surface area contributed by atoms with Crippen molar-refractivity contribution in [2.75, 3.05) is 4.90 Å². The van der Waals surface area contributed by atoms with Crippen LogP contribution in [0.5, 0.6) is 0 Å². The van der Waals surface area contributed by atoms with E-state index in [1.165, 1.54) is 70.8 Å². The highest BCUT2D eigenvalue weighted by Crippen LogP contribution is 2.53. The zero-order valence-corrected chi connectivity index (χ0v) is 43.2. The fourth-order valence-corrected chi connectivity index (χ4v) is 12.4. The molecule has 10 aromatic rings. The van der Waals surface area contributed by atoms with E-state index in [0.29, 0.717) is 0 Å². The average molecular weight is 966 g/mol. The van der Waals surface area contributed by atoms with E-state index in [9.17, 15) is 0 Å². The molecule has 0 bridgehead atoms. The molecular formula is C71H56BNS. The van der Waals surface area contributed by atoms with Crippen LogP contribution in [0.2, 0.25) is 0 Å². The number of benzene rings is 10. The average Bonchev–Trinajstić information content (AvgIpc) is 3.47. The molecule has 2 aliphatic heterocycles. The zero-order chi connectivity index (χ0) is 50.3. The summed E-state index contributed by atoms with van der Waals surface area (Å²) < 4.78 is 0. The van der Waals surface area contributed by atoms with Crippen LogP contribution in [0.25, 0.3) is 72.3 Å². The summed E-state index contributed by atoms with van der Waals surface area (Å²) >= 11 is 1.93. The lowest BCUT2D eigenvalue weighted by atomic mass is 9.33. The summed E-state index contributed by atoms with van der Waals surface area (Å²) in [5, 5.41) is 0. The number of allylic oxidation sites excluding steroid dienone is 5. The Morgan fingerprint density at radius 1 is 0.432 bits per heavy atom. The summed E-state index contributed by atoms with van der Waals surface area (Å²) in [6.45, 7) is 13.9. The van der Waals surface area contributed by atoms with Gasteiger partial charge >= 0.3 is 0 Å². The molecule has 0 unspecified atom stereocenters. The van der Waals surface area contributed by atoms with Gasteiger partial charge in [-0.05, 0) is 150 Å². The first kappa shape index (κ1) is 46.7. The summed E-state index contributed by atoms with van der Waals surface area (Å²) in [6, 6.07) is 85.5. The third kappa shape index (κ3) is 8.57. The summed E-state index contributed by atoms with van der Waals surface area (Å²) in [4.78, 5) is 5.22. The highest BCUT2D eigenvalue weighted by Gasteiger charge is 2.46. The molecular weight excluding hydrogens is 910 g/mol. The highest BCUT2D eigenvalue weighted by atomic mass is 32.2. The summed E-state index contributed by atoms with van der Waals surface area (Å²) in [6.07, 6.45) is 8.51. The first-order chi connectivity index (χ1) is 36.2. The molecule has 0 radical (unpaired) electrons. The molecule has 10 aromatic carbocycles. The first-order valence-electron chi connectivity index (χ1n) is 25.7. The maximum absolute atomic E-state index is 4.97. The van der Waals surface area contributed by atoms with Crippen molar-refractivity contribution >= 4 is 57.5 Å². The lowest BCUT2D eigenvalue weighted by molar-refractivity contribution is 0.589. The van der Waals surface area contributed by atoms with E-state index >= 15 is 0 Å². The number of anilines is 3. The number of hydrogen-bond acceptors (Lipinski definition) is 2. The second kappa shape index (κ2) is 19.6. The van der Waals surface area contributed by atoms with Crippen molar-refractivity contribution in [3.05, 3.63) is 273 Å². The maximum atomic E-state index is 4.97.